The molecule has 0 bridgehead atoms. The van der Waals surface area contributed by atoms with E-state index in [4.69, 9.17) is 4.74 Å². The zero-order valence-corrected chi connectivity index (χ0v) is 9.40. The third-order valence-electron chi connectivity index (χ3n) is 1.63. The molecular formula is C9H18N2O3. The van der Waals surface area contributed by atoms with Crippen LogP contribution in [0.25, 0.3) is 0 Å². The van der Waals surface area contributed by atoms with Crippen LogP contribution in [0.15, 0.2) is 10.2 Å². The van der Waals surface area contributed by atoms with Gasteiger partial charge in [-0.15, -0.1) is 5.11 Å². The van der Waals surface area contributed by atoms with Gasteiger partial charge < -0.3 is 9.47 Å². The van der Waals surface area contributed by atoms with Crippen molar-refractivity contribution in [2.24, 2.45) is 10.2 Å². The number of nitrogens with zero attached hydrogens (tertiary/aromatic N) is 2. The largest absolute Gasteiger partial charge is 0.510 e. The smallest absolute Gasteiger partial charge is 0.438 e. The van der Waals surface area contributed by atoms with Crippen molar-refractivity contribution in [3.8, 4) is 0 Å². The van der Waals surface area contributed by atoms with Crippen LogP contribution in [0.3, 0.4) is 0 Å². The van der Waals surface area contributed by atoms with E-state index in [2.05, 4.69) is 15.0 Å². The molecule has 1 unspecified atom stereocenters. The molecule has 0 saturated heterocycles. The first-order valence-electron chi connectivity index (χ1n) is 4.62. The SMILES string of the molecule is CCC(C)(N=NC(C)C)OC(=O)OC. The highest BCUT2D eigenvalue weighted by molar-refractivity contribution is 5.60. The van der Waals surface area contributed by atoms with Gasteiger partial charge in [0.25, 0.3) is 0 Å². The third-order valence-corrected chi connectivity index (χ3v) is 1.63. The van der Waals surface area contributed by atoms with Gasteiger partial charge in [0, 0.05) is 6.42 Å². The van der Waals surface area contributed by atoms with Crippen molar-refractivity contribution in [2.75, 3.05) is 7.11 Å². The summed E-state index contributed by atoms with van der Waals surface area (Å²) in [5, 5.41) is 7.91. The average molecular weight is 202 g/mol. The Bertz CT molecular complexity index is 216. The zero-order chi connectivity index (χ0) is 11.2. The Morgan fingerprint density at radius 2 is 2.07 bits per heavy atom. The molecule has 0 fully saturated rings. The average Bonchev–Trinajstić information content (AvgIpc) is 2.14. The highest BCUT2D eigenvalue weighted by Gasteiger charge is 2.26. The van der Waals surface area contributed by atoms with Crippen LogP contribution < -0.4 is 0 Å². The summed E-state index contributed by atoms with van der Waals surface area (Å²) in [7, 11) is 1.26. The van der Waals surface area contributed by atoms with Crippen LogP contribution in [-0.4, -0.2) is 25.0 Å². The van der Waals surface area contributed by atoms with E-state index in [9.17, 15) is 4.79 Å². The fourth-order valence-corrected chi connectivity index (χ4v) is 0.622. The topological polar surface area (TPSA) is 60.2 Å². The van der Waals surface area contributed by atoms with E-state index in [0.29, 0.717) is 6.42 Å². The summed E-state index contributed by atoms with van der Waals surface area (Å²) in [6.45, 7) is 7.35. The molecule has 0 saturated carbocycles. The van der Waals surface area contributed by atoms with Crippen molar-refractivity contribution in [3.63, 3.8) is 0 Å². The van der Waals surface area contributed by atoms with Gasteiger partial charge in [-0.25, -0.2) is 4.79 Å². The minimum atomic E-state index is -0.919. The van der Waals surface area contributed by atoms with Crippen molar-refractivity contribution in [2.45, 2.75) is 45.9 Å². The molecule has 82 valence electrons. The predicted octanol–water partition coefficient (Wildman–Crippen LogP) is 2.76. The van der Waals surface area contributed by atoms with Gasteiger partial charge in [0.15, 0.2) is 0 Å². The highest BCUT2D eigenvalue weighted by Crippen LogP contribution is 2.18. The van der Waals surface area contributed by atoms with Gasteiger partial charge in [0.2, 0.25) is 5.72 Å². The number of hydrogen-bond donors (Lipinski definition) is 0. The number of carbonyl (C=O) groups is 1. The number of methoxy groups -OCH3 is 1. The van der Waals surface area contributed by atoms with Crippen molar-refractivity contribution in [1.29, 1.82) is 0 Å². The number of rotatable bonds is 4. The molecule has 0 spiro atoms. The van der Waals surface area contributed by atoms with Crippen molar-refractivity contribution >= 4 is 6.16 Å². The minimum Gasteiger partial charge on any atom is -0.438 e. The highest BCUT2D eigenvalue weighted by atomic mass is 16.7. The van der Waals surface area contributed by atoms with E-state index in [1.54, 1.807) is 6.92 Å². The van der Waals surface area contributed by atoms with Gasteiger partial charge in [-0.3, -0.25) is 0 Å². The van der Waals surface area contributed by atoms with E-state index >= 15 is 0 Å². The molecule has 0 N–H and O–H groups in total. The maximum Gasteiger partial charge on any atom is 0.510 e. The predicted molar refractivity (Wildman–Crippen MR) is 52.2 cm³/mol. The Hall–Kier alpha value is -1.13. The molecule has 5 nitrogen and oxygen atoms in total. The normalized spacial score (nSPS) is 15.6. The molecule has 0 rings (SSSR count). The van der Waals surface area contributed by atoms with E-state index in [-0.39, 0.29) is 6.04 Å². The van der Waals surface area contributed by atoms with Gasteiger partial charge in [0.05, 0.1) is 13.2 Å². The lowest BCUT2D eigenvalue weighted by Crippen LogP contribution is -2.28. The Balaban J connectivity index is 4.39. The molecular weight excluding hydrogens is 184 g/mol. The maximum atomic E-state index is 10.9. The summed E-state index contributed by atoms with van der Waals surface area (Å²) >= 11 is 0. The summed E-state index contributed by atoms with van der Waals surface area (Å²) in [4.78, 5) is 10.9. The van der Waals surface area contributed by atoms with Gasteiger partial charge in [0.1, 0.15) is 0 Å². The van der Waals surface area contributed by atoms with Gasteiger partial charge in [-0.05, 0) is 20.8 Å². The fourth-order valence-electron chi connectivity index (χ4n) is 0.622. The second-order valence-corrected chi connectivity index (χ2v) is 3.39. The molecule has 0 aliphatic rings. The van der Waals surface area contributed by atoms with Gasteiger partial charge in [-0.2, -0.15) is 5.11 Å². The van der Waals surface area contributed by atoms with Gasteiger partial charge in [-0.1, -0.05) is 6.92 Å². The molecule has 0 aromatic carbocycles. The molecule has 0 heterocycles. The Kier molecular flexibility index (Phi) is 5.12. The Morgan fingerprint density at radius 3 is 2.43 bits per heavy atom. The summed E-state index contributed by atoms with van der Waals surface area (Å²) < 4.78 is 9.36. The summed E-state index contributed by atoms with van der Waals surface area (Å²) in [6, 6.07) is 0.0853. The fraction of sp³-hybridized carbons (Fsp3) is 0.889. The molecule has 0 aliphatic heterocycles. The Morgan fingerprint density at radius 1 is 1.50 bits per heavy atom. The van der Waals surface area contributed by atoms with Crippen molar-refractivity contribution in [3.05, 3.63) is 0 Å². The van der Waals surface area contributed by atoms with E-state index in [1.807, 2.05) is 20.8 Å². The van der Waals surface area contributed by atoms with E-state index in [0.717, 1.165) is 0 Å². The number of ether oxygens (including phenoxy) is 2. The number of hydrogen-bond acceptors (Lipinski definition) is 5. The van der Waals surface area contributed by atoms with Crippen LogP contribution in [0.5, 0.6) is 0 Å². The molecule has 0 amide bonds. The molecule has 14 heavy (non-hydrogen) atoms. The molecule has 0 aromatic heterocycles. The molecule has 5 heteroatoms. The van der Waals surface area contributed by atoms with Crippen LogP contribution >= 0.6 is 0 Å². The lowest BCUT2D eigenvalue weighted by Gasteiger charge is -2.21. The van der Waals surface area contributed by atoms with Crippen LogP contribution in [0.1, 0.15) is 34.1 Å². The standard InChI is InChI=1S/C9H18N2O3/c1-6-9(4,11-10-7(2)3)14-8(12)13-5/h7H,6H2,1-5H3. The molecule has 0 aliphatic carbocycles. The lowest BCUT2D eigenvalue weighted by molar-refractivity contribution is -0.0189. The van der Waals surface area contributed by atoms with E-state index < -0.39 is 11.9 Å². The van der Waals surface area contributed by atoms with Crippen LogP contribution in [0.4, 0.5) is 4.79 Å². The van der Waals surface area contributed by atoms with E-state index in [1.165, 1.54) is 7.11 Å². The quantitative estimate of drug-likeness (QED) is 0.520. The van der Waals surface area contributed by atoms with Gasteiger partial charge >= 0.3 is 6.16 Å². The lowest BCUT2D eigenvalue weighted by atomic mass is 10.2. The summed E-state index contributed by atoms with van der Waals surface area (Å²) in [5.74, 6) is 0. The monoisotopic (exact) mass is 202 g/mol. The molecule has 1 atom stereocenters. The molecule has 0 radical (unpaired) electrons. The second-order valence-electron chi connectivity index (χ2n) is 3.39. The molecule has 0 aromatic rings. The Labute approximate surface area is 84.5 Å². The number of carbonyl (C=O) groups excluding carboxylic acids is 1. The first-order chi connectivity index (χ1) is 6.43. The minimum absolute atomic E-state index is 0.0853. The first-order valence-corrected chi connectivity index (χ1v) is 4.62. The summed E-state index contributed by atoms with van der Waals surface area (Å²) in [6.07, 6.45) is -0.185. The third kappa shape index (κ3) is 4.79. The summed E-state index contributed by atoms with van der Waals surface area (Å²) in [5.41, 5.74) is -0.919. The number of azo groups is 1. The van der Waals surface area contributed by atoms with Crippen LogP contribution in [0.2, 0.25) is 0 Å². The van der Waals surface area contributed by atoms with Crippen molar-refractivity contribution < 1.29 is 14.3 Å². The zero-order valence-electron chi connectivity index (χ0n) is 9.40. The first kappa shape index (κ1) is 12.9. The van der Waals surface area contributed by atoms with Crippen LogP contribution in [0, 0.1) is 0 Å². The second kappa shape index (κ2) is 5.57. The van der Waals surface area contributed by atoms with Crippen LogP contribution in [-0.2, 0) is 9.47 Å². The van der Waals surface area contributed by atoms with Crippen molar-refractivity contribution in [1.82, 2.24) is 0 Å². The maximum absolute atomic E-state index is 10.9.